The standard InChI is InChI=1S/C16H23NO7/c1-9-15(23-11(3)19)16(24-12(4)20)13(8-21-10(2)18)14(22-9)6-5-7-17/h9,13-16H,5-6,8H2,1-4H3/t9-,13-,14-,15-,16-/m0/s1. The van der Waals surface area contributed by atoms with Crippen molar-refractivity contribution in [3.8, 4) is 6.07 Å². The molecule has 1 heterocycles. The van der Waals surface area contributed by atoms with Gasteiger partial charge in [-0.2, -0.15) is 5.26 Å². The van der Waals surface area contributed by atoms with Crippen LogP contribution in [0.2, 0.25) is 0 Å². The molecule has 8 heteroatoms. The number of rotatable bonds is 6. The first kappa shape index (κ1) is 19.9. The third-order valence-electron chi connectivity index (χ3n) is 3.70. The maximum atomic E-state index is 11.5. The van der Waals surface area contributed by atoms with E-state index in [4.69, 9.17) is 24.2 Å². The van der Waals surface area contributed by atoms with Gasteiger partial charge < -0.3 is 18.9 Å². The van der Waals surface area contributed by atoms with Crippen LogP contribution in [0.5, 0.6) is 0 Å². The molecule has 8 nitrogen and oxygen atoms in total. The van der Waals surface area contributed by atoms with Crippen LogP contribution in [0.4, 0.5) is 0 Å². The molecule has 24 heavy (non-hydrogen) atoms. The Kier molecular flexibility index (Phi) is 7.65. The van der Waals surface area contributed by atoms with Crippen molar-refractivity contribution in [1.29, 1.82) is 5.26 Å². The number of hydrogen-bond acceptors (Lipinski definition) is 8. The van der Waals surface area contributed by atoms with Crippen LogP contribution in [0.25, 0.3) is 0 Å². The van der Waals surface area contributed by atoms with E-state index in [9.17, 15) is 14.4 Å². The van der Waals surface area contributed by atoms with Crippen molar-refractivity contribution in [3.63, 3.8) is 0 Å². The number of esters is 3. The number of ether oxygens (including phenoxy) is 4. The normalized spacial score (nSPS) is 29.2. The average molecular weight is 341 g/mol. The summed E-state index contributed by atoms with van der Waals surface area (Å²) in [5.41, 5.74) is 0. The summed E-state index contributed by atoms with van der Waals surface area (Å²) in [4.78, 5) is 34.0. The van der Waals surface area contributed by atoms with Gasteiger partial charge in [0.25, 0.3) is 0 Å². The maximum absolute atomic E-state index is 11.5. The summed E-state index contributed by atoms with van der Waals surface area (Å²) < 4.78 is 21.5. The van der Waals surface area contributed by atoms with E-state index >= 15 is 0 Å². The number of carbonyl (C=O) groups is 3. The van der Waals surface area contributed by atoms with Gasteiger partial charge in [-0.05, 0) is 13.3 Å². The van der Waals surface area contributed by atoms with E-state index in [1.54, 1.807) is 6.92 Å². The summed E-state index contributed by atoms with van der Waals surface area (Å²) in [7, 11) is 0. The predicted molar refractivity (Wildman–Crippen MR) is 80.4 cm³/mol. The molecule has 1 rings (SSSR count). The summed E-state index contributed by atoms with van der Waals surface area (Å²) in [6.07, 6.45) is -2.01. The third kappa shape index (κ3) is 5.81. The van der Waals surface area contributed by atoms with E-state index in [1.807, 2.05) is 6.07 Å². The fraction of sp³-hybridized carbons (Fsp3) is 0.750. The van der Waals surface area contributed by atoms with Crippen molar-refractivity contribution in [2.45, 2.75) is 65.0 Å². The highest BCUT2D eigenvalue weighted by Crippen LogP contribution is 2.33. The van der Waals surface area contributed by atoms with Gasteiger partial charge in [0.2, 0.25) is 0 Å². The zero-order valence-electron chi connectivity index (χ0n) is 14.3. The van der Waals surface area contributed by atoms with Gasteiger partial charge >= 0.3 is 17.9 Å². The summed E-state index contributed by atoms with van der Waals surface area (Å²) in [5.74, 6) is -2.10. The van der Waals surface area contributed by atoms with Crippen LogP contribution in [0.1, 0.15) is 40.5 Å². The Labute approximate surface area is 141 Å². The molecule has 0 aromatic rings. The number of nitriles is 1. The topological polar surface area (TPSA) is 112 Å². The summed E-state index contributed by atoms with van der Waals surface area (Å²) in [5, 5.41) is 8.80. The monoisotopic (exact) mass is 341 g/mol. The molecule has 0 aromatic heterocycles. The van der Waals surface area contributed by atoms with Crippen LogP contribution < -0.4 is 0 Å². The molecule has 0 N–H and O–H groups in total. The van der Waals surface area contributed by atoms with Crippen molar-refractivity contribution >= 4 is 17.9 Å². The molecule has 0 radical (unpaired) electrons. The second-order valence-corrected chi connectivity index (χ2v) is 5.69. The highest BCUT2D eigenvalue weighted by Gasteiger charge is 2.48. The van der Waals surface area contributed by atoms with Crippen LogP contribution in [-0.2, 0) is 33.3 Å². The smallest absolute Gasteiger partial charge is 0.303 e. The van der Waals surface area contributed by atoms with E-state index in [2.05, 4.69) is 0 Å². The number of carbonyl (C=O) groups excluding carboxylic acids is 3. The Morgan fingerprint density at radius 2 is 1.62 bits per heavy atom. The summed E-state index contributed by atoms with van der Waals surface area (Å²) in [6.45, 7) is 5.40. The minimum absolute atomic E-state index is 0.0616. The molecule has 0 aromatic carbocycles. The highest BCUT2D eigenvalue weighted by atomic mass is 16.6. The molecule has 0 spiro atoms. The Morgan fingerprint density at radius 3 is 2.12 bits per heavy atom. The van der Waals surface area contributed by atoms with Crippen molar-refractivity contribution in [2.75, 3.05) is 6.61 Å². The van der Waals surface area contributed by atoms with Crippen LogP contribution in [-0.4, -0.2) is 48.9 Å². The van der Waals surface area contributed by atoms with Crippen LogP contribution >= 0.6 is 0 Å². The van der Waals surface area contributed by atoms with Gasteiger partial charge in [-0.15, -0.1) is 0 Å². The molecule has 1 saturated heterocycles. The maximum Gasteiger partial charge on any atom is 0.303 e. The molecule has 1 aliphatic rings. The fourth-order valence-corrected chi connectivity index (χ4v) is 2.78. The number of nitrogens with zero attached hydrogens (tertiary/aromatic N) is 1. The Bertz CT molecular complexity index is 513. The quantitative estimate of drug-likeness (QED) is 0.522. The SMILES string of the molecule is CC(=O)OC[C@@H]1[C@H](OC(C)=O)[C@@H](OC(C)=O)[C@H](C)O[C@H]1CCC#N. The first-order chi connectivity index (χ1) is 11.3. The molecule has 0 unspecified atom stereocenters. The van der Waals surface area contributed by atoms with Crippen molar-refractivity contribution in [3.05, 3.63) is 0 Å². The van der Waals surface area contributed by atoms with Gasteiger partial charge in [-0.3, -0.25) is 14.4 Å². The van der Waals surface area contributed by atoms with Gasteiger partial charge in [0, 0.05) is 27.2 Å². The summed E-state index contributed by atoms with van der Waals surface area (Å²) >= 11 is 0. The molecular weight excluding hydrogens is 318 g/mol. The molecule has 0 bridgehead atoms. The van der Waals surface area contributed by atoms with E-state index in [1.165, 1.54) is 20.8 Å². The lowest BCUT2D eigenvalue weighted by molar-refractivity contribution is -0.228. The molecule has 1 aliphatic heterocycles. The number of hydrogen-bond donors (Lipinski definition) is 0. The highest BCUT2D eigenvalue weighted by molar-refractivity contribution is 5.67. The lowest BCUT2D eigenvalue weighted by atomic mass is 9.85. The van der Waals surface area contributed by atoms with Gasteiger partial charge in [0.1, 0.15) is 12.7 Å². The Hall–Kier alpha value is -2.14. The first-order valence-electron chi connectivity index (χ1n) is 7.76. The fourth-order valence-electron chi connectivity index (χ4n) is 2.78. The second-order valence-electron chi connectivity index (χ2n) is 5.69. The average Bonchev–Trinajstić information content (AvgIpc) is 2.46. The first-order valence-corrected chi connectivity index (χ1v) is 7.76. The van der Waals surface area contributed by atoms with Gasteiger partial charge in [-0.25, -0.2) is 0 Å². The lowest BCUT2D eigenvalue weighted by Gasteiger charge is -2.44. The molecule has 5 atom stereocenters. The molecular formula is C16H23NO7. The van der Waals surface area contributed by atoms with Crippen LogP contribution in [0, 0.1) is 17.2 Å². The van der Waals surface area contributed by atoms with Gasteiger partial charge in [-0.1, -0.05) is 0 Å². The lowest BCUT2D eigenvalue weighted by Crippen LogP contribution is -2.57. The van der Waals surface area contributed by atoms with E-state index < -0.39 is 48.2 Å². The zero-order chi connectivity index (χ0) is 18.3. The molecule has 134 valence electrons. The molecule has 0 amide bonds. The predicted octanol–water partition coefficient (Wildman–Crippen LogP) is 1.12. The third-order valence-corrected chi connectivity index (χ3v) is 3.70. The van der Waals surface area contributed by atoms with E-state index in [0.29, 0.717) is 6.42 Å². The van der Waals surface area contributed by atoms with Gasteiger partial charge in [0.05, 0.1) is 24.2 Å². The zero-order valence-corrected chi connectivity index (χ0v) is 14.3. The van der Waals surface area contributed by atoms with E-state index in [-0.39, 0.29) is 13.0 Å². The van der Waals surface area contributed by atoms with Crippen molar-refractivity contribution in [2.24, 2.45) is 5.92 Å². The molecule has 0 aliphatic carbocycles. The minimum Gasteiger partial charge on any atom is -0.465 e. The van der Waals surface area contributed by atoms with Crippen LogP contribution in [0.15, 0.2) is 0 Å². The Balaban J connectivity index is 3.08. The molecule has 1 fully saturated rings. The Morgan fingerprint density at radius 1 is 1.04 bits per heavy atom. The largest absolute Gasteiger partial charge is 0.465 e. The second kappa shape index (κ2) is 9.23. The van der Waals surface area contributed by atoms with Crippen molar-refractivity contribution < 1.29 is 33.3 Å². The van der Waals surface area contributed by atoms with Crippen molar-refractivity contribution in [1.82, 2.24) is 0 Å². The minimum atomic E-state index is -0.821. The summed E-state index contributed by atoms with van der Waals surface area (Å²) in [6, 6.07) is 2.03. The van der Waals surface area contributed by atoms with E-state index in [0.717, 1.165) is 0 Å². The van der Waals surface area contributed by atoms with Gasteiger partial charge in [0.15, 0.2) is 6.10 Å². The molecule has 0 saturated carbocycles. The van der Waals surface area contributed by atoms with Crippen LogP contribution in [0.3, 0.4) is 0 Å².